The SMILES string of the molecule is CCCc1cn(CCCc2ccc(OCC3CCN(C(=O)OC(C)(C)C)CC3)cc2)c(-c2cc3sccc3n2C)n1. The van der Waals surface area contributed by atoms with Gasteiger partial charge in [-0.05, 0) is 94.0 Å². The number of likely N-dealkylation sites (tertiary alicyclic amines) is 1. The zero-order valence-corrected chi connectivity index (χ0v) is 26.0. The summed E-state index contributed by atoms with van der Waals surface area (Å²) in [5, 5.41) is 2.15. The van der Waals surface area contributed by atoms with Gasteiger partial charge in [0.25, 0.3) is 0 Å². The average Bonchev–Trinajstić information content (AvgIpc) is 3.64. The summed E-state index contributed by atoms with van der Waals surface area (Å²) in [5.74, 6) is 2.43. The van der Waals surface area contributed by atoms with Gasteiger partial charge in [-0.15, -0.1) is 11.3 Å². The van der Waals surface area contributed by atoms with Crippen LogP contribution in [-0.4, -0.2) is 50.4 Å². The zero-order valence-electron chi connectivity index (χ0n) is 25.2. The molecular formula is C33H44N4O3S. The number of carbonyl (C=O) groups is 1. The van der Waals surface area contributed by atoms with Crippen LogP contribution in [0.25, 0.3) is 21.7 Å². The summed E-state index contributed by atoms with van der Waals surface area (Å²) in [6.07, 6.45) is 8.06. The molecular weight excluding hydrogens is 532 g/mol. The molecule has 1 fully saturated rings. The minimum absolute atomic E-state index is 0.210. The molecule has 3 aromatic heterocycles. The minimum atomic E-state index is -0.455. The molecule has 0 aliphatic carbocycles. The zero-order chi connectivity index (χ0) is 29.0. The molecule has 4 heterocycles. The second-order valence-electron chi connectivity index (χ2n) is 12.2. The first-order chi connectivity index (χ1) is 19.7. The van der Waals surface area contributed by atoms with Crippen LogP contribution >= 0.6 is 11.3 Å². The van der Waals surface area contributed by atoms with Gasteiger partial charge in [0, 0.05) is 32.9 Å². The number of rotatable bonds is 10. The van der Waals surface area contributed by atoms with Crippen LogP contribution in [0.3, 0.4) is 0 Å². The van der Waals surface area contributed by atoms with E-state index in [9.17, 15) is 4.79 Å². The molecule has 220 valence electrons. The summed E-state index contributed by atoms with van der Waals surface area (Å²) in [7, 11) is 2.14. The Balaban J connectivity index is 1.10. The highest BCUT2D eigenvalue weighted by molar-refractivity contribution is 7.17. The van der Waals surface area contributed by atoms with E-state index in [-0.39, 0.29) is 6.09 Å². The van der Waals surface area contributed by atoms with Gasteiger partial charge in [0.05, 0.1) is 28.2 Å². The molecule has 0 spiro atoms. The first-order valence-corrected chi connectivity index (χ1v) is 15.9. The van der Waals surface area contributed by atoms with Gasteiger partial charge < -0.3 is 23.5 Å². The first kappa shape index (κ1) is 29.2. The number of ether oxygens (including phenoxy) is 2. The van der Waals surface area contributed by atoms with Crippen molar-refractivity contribution in [3.05, 3.63) is 59.2 Å². The number of nitrogens with zero attached hydrogens (tertiary/aromatic N) is 4. The van der Waals surface area contributed by atoms with Crippen molar-refractivity contribution < 1.29 is 14.3 Å². The van der Waals surface area contributed by atoms with E-state index in [1.54, 1.807) is 11.3 Å². The third-order valence-corrected chi connectivity index (χ3v) is 8.62. The fraction of sp³-hybridized carbons (Fsp3) is 0.515. The van der Waals surface area contributed by atoms with Crippen molar-refractivity contribution in [2.75, 3.05) is 19.7 Å². The van der Waals surface area contributed by atoms with Crippen molar-refractivity contribution >= 4 is 27.6 Å². The van der Waals surface area contributed by atoms with Gasteiger partial charge in [0.2, 0.25) is 0 Å². The molecule has 4 aromatic rings. The van der Waals surface area contributed by atoms with Gasteiger partial charge in [0.1, 0.15) is 11.4 Å². The van der Waals surface area contributed by atoms with Crippen LogP contribution in [0.2, 0.25) is 0 Å². The Morgan fingerprint density at radius 3 is 2.54 bits per heavy atom. The summed E-state index contributed by atoms with van der Waals surface area (Å²) < 4.78 is 17.5. The second kappa shape index (κ2) is 12.7. The van der Waals surface area contributed by atoms with Gasteiger partial charge in [-0.1, -0.05) is 25.5 Å². The highest BCUT2D eigenvalue weighted by Crippen LogP contribution is 2.31. The molecule has 0 atom stereocenters. The molecule has 7 nitrogen and oxygen atoms in total. The Morgan fingerprint density at radius 2 is 1.85 bits per heavy atom. The number of piperidine rings is 1. The van der Waals surface area contributed by atoms with Crippen molar-refractivity contribution in [1.82, 2.24) is 19.0 Å². The largest absolute Gasteiger partial charge is 0.493 e. The van der Waals surface area contributed by atoms with Crippen molar-refractivity contribution in [2.24, 2.45) is 13.0 Å². The number of aromatic nitrogens is 3. The molecule has 1 amide bonds. The van der Waals surface area contributed by atoms with E-state index in [1.807, 2.05) is 25.7 Å². The second-order valence-corrected chi connectivity index (χ2v) is 13.2. The van der Waals surface area contributed by atoms with E-state index in [0.717, 1.165) is 69.7 Å². The molecule has 0 unspecified atom stereocenters. The molecule has 1 saturated heterocycles. The van der Waals surface area contributed by atoms with Crippen LogP contribution in [0.1, 0.15) is 64.6 Å². The van der Waals surface area contributed by atoms with Gasteiger partial charge in [0.15, 0.2) is 5.82 Å². The first-order valence-electron chi connectivity index (χ1n) is 15.0. The van der Waals surface area contributed by atoms with Crippen LogP contribution in [0.5, 0.6) is 5.75 Å². The molecule has 1 aliphatic heterocycles. The number of carbonyl (C=O) groups excluding carboxylic acids is 1. The number of fused-ring (bicyclic) bond motifs is 1. The smallest absolute Gasteiger partial charge is 0.410 e. The van der Waals surface area contributed by atoms with Crippen molar-refractivity contribution in [3.63, 3.8) is 0 Å². The van der Waals surface area contributed by atoms with E-state index in [0.29, 0.717) is 12.5 Å². The number of hydrogen-bond donors (Lipinski definition) is 0. The maximum atomic E-state index is 12.3. The lowest BCUT2D eigenvalue weighted by Gasteiger charge is -2.33. The predicted molar refractivity (Wildman–Crippen MR) is 167 cm³/mol. The molecule has 0 N–H and O–H groups in total. The molecule has 41 heavy (non-hydrogen) atoms. The number of aryl methyl sites for hydroxylation is 4. The Morgan fingerprint density at radius 1 is 1.10 bits per heavy atom. The van der Waals surface area contributed by atoms with E-state index >= 15 is 0 Å². The fourth-order valence-electron chi connectivity index (χ4n) is 5.51. The van der Waals surface area contributed by atoms with Gasteiger partial charge >= 0.3 is 6.09 Å². The van der Waals surface area contributed by atoms with Crippen LogP contribution in [0, 0.1) is 5.92 Å². The summed E-state index contributed by atoms with van der Waals surface area (Å²) in [5.41, 5.74) is 4.49. The molecule has 1 aromatic carbocycles. The molecule has 5 rings (SSSR count). The summed E-state index contributed by atoms with van der Waals surface area (Å²) in [4.78, 5) is 19.1. The van der Waals surface area contributed by atoms with E-state index in [2.05, 4.69) is 71.1 Å². The van der Waals surface area contributed by atoms with Gasteiger partial charge in [-0.2, -0.15) is 0 Å². The third-order valence-electron chi connectivity index (χ3n) is 7.77. The Bertz CT molecular complexity index is 1440. The van der Waals surface area contributed by atoms with E-state index < -0.39 is 5.60 Å². The minimum Gasteiger partial charge on any atom is -0.493 e. The fourth-order valence-corrected chi connectivity index (χ4v) is 6.36. The van der Waals surface area contributed by atoms with Gasteiger partial charge in [-0.3, -0.25) is 0 Å². The van der Waals surface area contributed by atoms with Crippen molar-refractivity contribution in [2.45, 2.75) is 78.4 Å². The molecule has 0 saturated carbocycles. The Kier molecular flexibility index (Phi) is 9.07. The summed E-state index contributed by atoms with van der Waals surface area (Å²) in [6.45, 7) is 11.0. The average molecular weight is 577 g/mol. The number of benzene rings is 1. The lowest BCUT2D eigenvalue weighted by molar-refractivity contribution is 0.0165. The lowest BCUT2D eigenvalue weighted by atomic mass is 9.98. The highest BCUT2D eigenvalue weighted by Gasteiger charge is 2.27. The van der Waals surface area contributed by atoms with Crippen molar-refractivity contribution in [3.8, 4) is 17.3 Å². The number of amides is 1. The highest BCUT2D eigenvalue weighted by atomic mass is 32.1. The Labute approximate surface area is 248 Å². The van der Waals surface area contributed by atoms with E-state index in [4.69, 9.17) is 14.5 Å². The van der Waals surface area contributed by atoms with E-state index in [1.165, 1.54) is 27.2 Å². The maximum Gasteiger partial charge on any atom is 0.410 e. The number of thiophene rings is 1. The quantitative estimate of drug-likeness (QED) is 0.194. The summed E-state index contributed by atoms with van der Waals surface area (Å²) >= 11 is 1.78. The molecule has 0 bridgehead atoms. The Hall–Kier alpha value is -3.26. The van der Waals surface area contributed by atoms with Crippen molar-refractivity contribution in [1.29, 1.82) is 0 Å². The molecule has 0 radical (unpaired) electrons. The monoisotopic (exact) mass is 576 g/mol. The van der Waals surface area contributed by atoms with Crippen LogP contribution in [0.15, 0.2) is 48.0 Å². The standard InChI is InChI=1S/C33H44N4O3S/c1-6-8-26-22-37(31(34-26)29-21-30-28(35(29)5)16-20-41-30)17-7-9-24-10-12-27(13-11-24)39-23-25-14-18-36(19-15-25)32(38)40-33(2,3)4/h10-13,16,20-22,25H,6-9,14-15,17-19,23H2,1-5H3. The summed E-state index contributed by atoms with van der Waals surface area (Å²) in [6, 6.07) is 13.0. The number of imidazole rings is 1. The van der Waals surface area contributed by atoms with Gasteiger partial charge in [-0.25, -0.2) is 9.78 Å². The lowest BCUT2D eigenvalue weighted by Crippen LogP contribution is -2.42. The normalized spacial score (nSPS) is 14.6. The van der Waals surface area contributed by atoms with Crippen LogP contribution in [0.4, 0.5) is 4.79 Å². The molecule has 8 heteroatoms. The predicted octanol–water partition coefficient (Wildman–Crippen LogP) is 7.71. The molecule has 1 aliphatic rings. The maximum absolute atomic E-state index is 12.3. The van der Waals surface area contributed by atoms with Crippen LogP contribution < -0.4 is 4.74 Å². The third kappa shape index (κ3) is 7.34. The topological polar surface area (TPSA) is 61.5 Å². The van der Waals surface area contributed by atoms with Crippen LogP contribution in [-0.2, 0) is 31.2 Å². The number of hydrogen-bond acceptors (Lipinski definition) is 5.